The van der Waals surface area contributed by atoms with E-state index >= 15 is 0 Å². The molecule has 0 unspecified atom stereocenters. The van der Waals surface area contributed by atoms with E-state index in [0.717, 1.165) is 11.4 Å². The van der Waals surface area contributed by atoms with Gasteiger partial charge in [-0.25, -0.2) is 14.6 Å². The van der Waals surface area contributed by atoms with Crippen LogP contribution in [-0.4, -0.2) is 19.7 Å². The van der Waals surface area contributed by atoms with Gasteiger partial charge in [0.2, 0.25) is 0 Å². The van der Waals surface area contributed by atoms with Gasteiger partial charge < -0.3 is 0 Å². The molecule has 4 nitrogen and oxygen atoms in total. The molecular formula is C10H11ClN4. The largest absolute Gasteiger partial charge is 0.224 e. The molecule has 2 aromatic heterocycles. The maximum absolute atomic E-state index is 5.80. The molecule has 2 heterocycles. The molecule has 0 bridgehead atoms. The van der Waals surface area contributed by atoms with Crippen molar-refractivity contribution in [2.24, 2.45) is 0 Å². The van der Waals surface area contributed by atoms with E-state index in [-0.39, 0.29) is 0 Å². The van der Waals surface area contributed by atoms with E-state index in [1.54, 1.807) is 10.7 Å². The molecule has 0 fully saturated rings. The molecule has 0 aliphatic carbocycles. The van der Waals surface area contributed by atoms with E-state index in [0.29, 0.717) is 11.0 Å². The Morgan fingerprint density at radius 1 is 1.20 bits per heavy atom. The first-order valence-corrected chi connectivity index (χ1v) is 4.98. The topological polar surface area (TPSA) is 43.6 Å². The summed E-state index contributed by atoms with van der Waals surface area (Å²) in [6.07, 6.45) is 1.43. The summed E-state index contributed by atoms with van der Waals surface area (Å²) in [6, 6.07) is 1.69. The van der Waals surface area contributed by atoms with Crippen molar-refractivity contribution >= 4 is 11.6 Å². The summed E-state index contributed by atoms with van der Waals surface area (Å²) < 4.78 is 1.78. The van der Waals surface area contributed by atoms with Crippen molar-refractivity contribution in [3.63, 3.8) is 0 Å². The zero-order valence-electron chi connectivity index (χ0n) is 8.82. The summed E-state index contributed by atoms with van der Waals surface area (Å²) in [5.74, 6) is 0.698. The maximum atomic E-state index is 5.80. The molecule has 0 radical (unpaired) electrons. The Morgan fingerprint density at radius 2 is 1.93 bits per heavy atom. The Hall–Kier alpha value is -1.42. The lowest BCUT2D eigenvalue weighted by Gasteiger charge is -2.02. The molecule has 0 aliphatic heterocycles. The van der Waals surface area contributed by atoms with Crippen LogP contribution in [-0.2, 0) is 0 Å². The second-order valence-corrected chi connectivity index (χ2v) is 3.79. The number of aromatic nitrogens is 4. The Labute approximate surface area is 92.9 Å². The maximum Gasteiger partial charge on any atom is 0.158 e. The average molecular weight is 223 g/mol. The minimum absolute atomic E-state index is 0.421. The van der Waals surface area contributed by atoms with Crippen molar-refractivity contribution in [3.8, 4) is 5.82 Å². The molecule has 0 spiro atoms. The molecule has 0 saturated heterocycles. The van der Waals surface area contributed by atoms with Crippen LogP contribution < -0.4 is 0 Å². The number of halogens is 1. The number of aryl methyl sites for hydroxylation is 1. The van der Waals surface area contributed by atoms with Crippen LogP contribution in [0.4, 0.5) is 0 Å². The highest BCUT2D eigenvalue weighted by molar-refractivity contribution is 6.29. The molecular weight excluding hydrogens is 212 g/mol. The minimum Gasteiger partial charge on any atom is -0.224 e. The second kappa shape index (κ2) is 3.62. The molecule has 2 rings (SSSR count). The molecule has 0 aromatic carbocycles. The van der Waals surface area contributed by atoms with Gasteiger partial charge in [-0.3, -0.25) is 0 Å². The number of rotatable bonds is 1. The SMILES string of the molecule is Cc1nn(-c2cc(Cl)ncn2)c(C)c1C. The molecule has 0 saturated carbocycles. The fraction of sp³-hybridized carbons (Fsp3) is 0.300. The van der Waals surface area contributed by atoms with Crippen molar-refractivity contribution < 1.29 is 0 Å². The molecule has 0 N–H and O–H groups in total. The number of hydrogen-bond donors (Lipinski definition) is 0. The number of nitrogens with zero attached hydrogens (tertiary/aromatic N) is 4. The van der Waals surface area contributed by atoms with Crippen molar-refractivity contribution in [1.82, 2.24) is 19.7 Å². The highest BCUT2D eigenvalue weighted by atomic mass is 35.5. The molecule has 0 amide bonds. The highest BCUT2D eigenvalue weighted by Crippen LogP contribution is 2.16. The van der Waals surface area contributed by atoms with Crippen LogP contribution >= 0.6 is 11.6 Å². The van der Waals surface area contributed by atoms with Crippen LogP contribution in [0, 0.1) is 20.8 Å². The second-order valence-electron chi connectivity index (χ2n) is 3.41. The minimum atomic E-state index is 0.421. The molecule has 0 aliphatic rings. The average Bonchev–Trinajstić information content (AvgIpc) is 2.46. The van der Waals surface area contributed by atoms with Crippen LogP contribution in [0.25, 0.3) is 5.82 Å². The summed E-state index contributed by atoms with van der Waals surface area (Å²) in [4.78, 5) is 7.97. The van der Waals surface area contributed by atoms with Gasteiger partial charge in [0, 0.05) is 11.8 Å². The van der Waals surface area contributed by atoms with Crippen molar-refractivity contribution in [3.05, 3.63) is 34.5 Å². The third-order valence-electron chi connectivity index (χ3n) is 2.49. The highest BCUT2D eigenvalue weighted by Gasteiger charge is 2.09. The molecule has 78 valence electrons. The van der Waals surface area contributed by atoms with Gasteiger partial charge in [0.25, 0.3) is 0 Å². The van der Waals surface area contributed by atoms with Crippen LogP contribution in [0.1, 0.15) is 17.0 Å². The zero-order chi connectivity index (χ0) is 11.0. The summed E-state index contributed by atoms with van der Waals surface area (Å²) in [7, 11) is 0. The van der Waals surface area contributed by atoms with Crippen molar-refractivity contribution in [2.45, 2.75) is 20.8 Å². The lowest BCUT2D eigenvalue weighted by molar-refractivity contribution is 0.800. The molecule has 0 atom stereocenters. The third-order valence-corrected chi connectivity index (χ3v) is 2.70. The first kappa shape index (κ1) is 10.1. The van der Waals surface area contributed by atoms with E-state index in [4.69, 9.17) is 11.6 Å². The Balaban J connectivity index is 2.59. The van der Waals surface area contributed by atoms with Gasteiger partial charge in [-0.2, -0.15) is 5.10 Å². The van der Waals surface area contributed by atoms with E-state index in [1.165, 1.54) is 11.9 Å². The Morgan fingerprint density at radius 3 is 2.47 bits per heavy atom. The Bertz CT molecular complexity index is 504. The summed E-state index contributed by atoms with van der Waals surface area (Å²) in [5, 5.41) is 4.81. The smallest absolute Gasteiger partial charge is 0.158 e. The monoisotopic (exact) mass is 222 g/mol. The molecule has 2 aromatic rings. The van der Waals surface area contributed by atoms with Crippen molar-refractivity contribution in [1.29, 1.82) is 0 Å². The van der Waals surface area contributed by atoms with E-state index in [2.05, 4.69) is 15.1 Å². The van der Waals surface area contributed by atoms with Gasteiger partial charge in [-0.05, 0) is 26.3 Å². The fourth-order valence-electron chi connectivity index (χ4n) is 1.38. The van der Waals surface area contributed by atoms with Gasteiger partial charge in [0.15, 0.2) is 5.82 Å². The van der Waals surface area contributed by atoms with Gasteiger partial charge >= 0.3 is 0 Å². The summed E-state index contributed by atoms with van der Waals surface area (Å²) >= 11 is 5.80. The van der Waals surface area contributed by atoms with Gasteiger partial charge in [0.05, 0.1) is 5.69 Å². The lowest BCUT2D eigenvalue weighted by atomic mass is 10.2. The first-order valence-electron chi connectivity index (χ1n) is 4.60. The van der Waals surface area contributed by atoms with Crippen LogP contribution in [0.15, 0.2) is 12.4 Å². The van der Waals surface area contributed by atoms with E-state index < -0.39 is 0 Å². The molecule has 5 heteroatoms. The Kier molecular flexibility index (Phi) is 2.44. The van der Waals surface area contributed by atoms with Crippen LogP contribution in [0.3, 0.4) is 0 Å². The first-order chi connectivity index (χ1) is 7.09. The predicted molar refractivity (Wildman–Crippen MR) is 58.4 cm³/mol. The zero-order valence-corrected chi connectivity index (χ0v) is 9.58. The normalized spacial score (nSPS) is 10.7. The summed E-state index contributed by atoms with van der Waals surface area (Å²) in [5.41, 5.74) is 3.24. The molecule has 15 heavy (non-hydrogen) atoms. The lowest BCUT2D eigenvalue weighted by Crippen LogP contribution is -2.02. The van der Waals surface area contributed by atoms with Gasteiger partial charge in [-0.15, -0.1) is 0 Å². The van der Waals surface area contributed by atoms with Crippen LogP contribution in [0.2, 0.25) is 5.15 Å². The standard InChI is InChI=1S/C10H11ClN4/c1-6-7(2)14-15(8(6)3)10-4-9(11)12-5-13-10/h4-5H,1-3H3. The van der Waals surface area contributed by atoms with E-state index in [1.807, 2.05) is 20.8 Å². The van der Waals surface area contributed by atoms with Crippen molar-refractivity contribution in [2.75, 3.05) is 0 Å². The van der Waals surface area contributed by atoms with Gasteiger partial charge in [0.1, 0.15) is 11.5 Å². The van der Waals surface area contributed by atoms with Gasteiger partial charge in [-0.1, -0.05) is 11.6 Å². The van der Waals surface area contributed by atoms with Crippen LogP contribution in [0.5, 0.6) is 0 Å². The number of hydrogen-bond acceptors (Lipinski definition) is 3. The fourth-order valence-corrected chi connectivity index (χ4v) is 1.53. The van der Waals surface area contributed by atoms with E-state index in [9.17, 15) is 0 Å². The predicted octanol–water partition coefficient (Wildman–Crippen LogP) is 2.24. The summed E-state index contributed by atoms with van der Waals surface area (Å²) in [6.45, 7) is 6.02. The third kappa shape index (κ3) is 1.72. The quantitative estimate of drug-likeness (QED) is 0.695.